The first-order valence-electron chi connectivity index (χ1n) is 9.23. The Morgan fingerprint density at radius 2 is 1.74 bits per heavy atom. The van der Waals surface area contributed by atoms with E-state index < -0.39 is 30.1 Å². The largest absolute Gasteiger partial charge is 0.452 e. The van der Waals surface area contributed by atoms with E-state index in [9.17, 15) is 18.4 Å². The Labute approximate surface area is 175 Å². The van der Waals surface area contributed by atoms with E-state index in [1.807, 2.05) is 0 Å². The van der Waals surface area contributed by atoms with E-state index in [2.05, 4.69) is 15.3 Å². The summed E-state index contributed by atoms with van der Waals surface area (Å²) >= 11 is 0. The van der Waals surface area contributed by atoms with Crippen LogP contribution in [0.25, 0.3) is 22.2 Å². The minimum absolute atomic E-state index is 0.211. The van der Waals surface area contributed by atoms with Gasteiger partial charge in [-0.15, -0.1) is 0 Å². The van der Waals surface area contributed by atoms with E-state index in [4.69, 9.17) is 4.74 Å². The molecule has 4 aromatic rings. The minimum atomic E-state index is -0.929. The summed E-state index contributed by atoms with van der Waals surface area (Å²) in [6, 6.07) is 14.9. The summed E-state index contributed by atoms with van der Waals surface area (Å²) < 4.78 is 31.8. The second kappa shape index (κ2) is 8.66. The zero-order chi connectivity index (χ0) is 21.8. The van der Waals surface area contributed by atoms with Gasteiger partial charge in [-0.2, -0.15) is 0 Å². The molecule has 6 nitrogen and oxygen atoms in total. The average Bonchev–Trinajstić information content (AvgIpc) is 2.79. The molecule has 0 atom stereocenters. The number of nitrogens with zero attached hydrogens (tertiary/aromatic N) is 2. The number of rotatable bonds is 5. The zero-order valence-corrected chi connectivity index (χ0v) is 16.0. The van der Waals surface area contributed by atoms with Gasteiger partial charge in [0.15, 0.2) is 6.61 Å². The number of pyridine rings is 2. The maximum Gasteiger partial charge on any atom is 0.339 e. The van der Waals surface area contributed by atoms with Crippen LogP contribution in [0.2, 0.25) is 0 Å². The fourth-order valence-corrected chi connectivity index (χ4v) is 3.00. The van der Waals surface area contributed by atoms with Crippen molar-refractivity contribution in [2.75, 3.05) is 11.9 Å². The predicted octanol–water partition coefficient (Wildman–Crippen LogP) is 4.37. The van der Waals surface area contributed by atoms with Crippen molar-refractivity contribution in [1.82, 2.24) is 9.97 Å². The van der Waals surface area contributed by atoms with Gasteiger partial charge >= 0.3 is 5.97 Å². The average molecular weight is 419 g/mol. The lowest BCUT2D eigenvalue weighted by molar-refractivity contribution is -0.119. The second-order valence-corrected chi connectivity index (χ2v) is 6.56. The summed E-state index contributed by atoms with van der Waals surface area (Å²) in [6.45, 7) is -0.642. The smallest absolute Gasteiger partial charge is 0.339 e. The molecule has 2 heterocycles. The monoisotopic (exact) mass is 419 g/mol. The minimum Gasteiger partial charge on any atom is -0.452 e. The van der Waals surface area contributed by atoms with Gasteiger partial charge in [-0.1, -0.05) is 18.2 Å². The van der Waals surface area contributed by atoms with E-state index in [1.165, 1.54) is 0 Å². The van der Waals surface area contributed by atoms with Crippen molar-refractivity contribution in [1.29, 1.82) is 0 Å². The summed E-state index contributed by atoms with van der Waals surface area (Å²) in [7, 11) is 0. The SMILES string of the molecule is O=C(COC(=O)c1cc(-c2ccncc2)nc2ccccc12)Nc1ccc(F)cc1F. The zero-order valence-electron chi connectivity index (χ0n) is 16.0. The highest BCUT2D eigenvalue weighted by molar-refractivity contribution is 6.05. The molecule has 0 saturated heterocycles. The van der Waals surface area contributed by atoms with Crippen LogP contribution in [0.3, 0.4) is 0 Å². The molecule has 1 N–H and O–H groups in total. The van der Waals surface area contributed by atoms with Crippen molar-refractivity contribution in [3.05, 3.63) is 90.3 Å². The molecule has 0 aliphatic carbocycles. The van der Waals surface area contributed by atoms with E-state index in [1.54, 1.807) is 54.9 Å². The van der Waals surface area contributed by atoms with Crippen LogP contribution in [0.5, 0.6) is 0 Å². The van der Waals surface area contributed by atoms with Crippen molar-refractivity contribution in [3.63, 3.8) is 0 Å². The number of hydrogen-bond donors (Lipinski definition) is 1. The van der Waals surface area contributed by atoms with E-state index in [-0.39, 0.29) is 11.3 Å². The highest BCUT2D eigenvalue weighted by Crippen LogP contribution is 2.25. The van der Waals surface area contributed by atoms with Crippen LogP contribution in [-0.2, 0) is 9.53 Å². The standard InChI is InChI=1S/C23H15F2N3O3/c24-15-5-6-20(18(25)11-15)28-22(29)13-31-23(30)17-12-21(14-7-9-26-10-8-14)27-19-4-2-1-3-16(17)19/h1-12H,13H2,(H,28,29). The predicted molar refractivity (Wildman–Crippen MR) is 110 cm³/mol. The number of halogens is 2. The quantitative estimate of drug-likeness (QED) is 0.486. The maximum absolute atomic E-state index is 13.7. The number of aromatic nitrogens is 2. The Bertz CT molecular complexity index is 1280. The number of anilines is 1. The molecule has 0 aliphatic heterocycles. The van der Waals surface area contributed by atoms with Crippen LogP contribution in [0.1, 0.15) is 10.4 Å². The second-order valence-electron chi connectivity index (χ2n) is 6.56. The van der Waals surface area contributed by atoms with Gasteiger partial charge in [0, 0.05) is 29.4 Å². The molecular weight excluding hydrogens is 404 g/mol. The molecule has 2 aromatic heterocycles. The molecular formula is C23H15F2N3O3. The third-order valence-electron chi connectivity index (χ3n) is 4.45. The third-order valence-corrected chi connectivity index (χ3v) is 4.45. The Morgan fingerprint density at radius 3 is 2.52 bits per heavy atom. The van der Waals surface area contributed by atoms with Gasteiger partial charge in [0.2, 0.25) is 0 Å². The van der Waals surface area contributed by atoms with E-state index >= 15 is 0 Å². The van der Waals surface area contributed by atoms with Gasteiger partial charge in [-0.05, 0) is 36.4 Å². The van der Waals surface area contributed by atoms with Gasteiger partial charge in [0.25, 0.3) is 5.91 Å². The number of para-hydroxylation sites is 1. The highest BCUT2D eigenvalue weighted by atomic mass is 19.1. The Kier molecular flexibility index (Phi) is 5.61. The van der Waals surface area contributed by atoms with E-state index in [0.29, 0.717) is 22.7 Å². The van der Waals surface area contributed by atoms with Crippen molar-refractivity contribution in [3.8, 4) is 11.3 Å². The van der Waals surface area contributed by atoms with Crippen molar-refractivity contribution in [2.45, 2.75) is 0 Å². The van der Waals surface area contributed by atoms with Gasteiger partial charge in [-0.25, -0.2) is 18.6 Å². The summed E-state index contributed by atoms with van der Waals surface area (Å²) in [6.07, 6.45) is 3.23. The van der Waals surface area contributed by atoms with E-state index in [0.717, 1.165) is 17.7 Å². The van der Waals surface area contributed by atoms with Crippen molar-refractivity contribution >= 4 is 28.5 Å². The number of nitrogens with one attached hydrogen (secondary N) is 1. The van der Waals surface area contributed by atoms with Gasteiger partial charge in [0.05, 0.1) is 22.5 Å². The number of ether oxygens (including phenoxy) is 1. The van der Waals surface area contributed by atoms with Crippen LogP contribution < -0.4 is 5.32 Å². The third kappa shape index (κ3) is 4.53. The lowest BCUT2D eigenvalue weighted by Gasteiger charge is -2.11. The number of amides is 1. The molecule has 1 amide bonds. The molecule has 0 fully saturated rings. The number of carbonyl (C=O) groups is 2. The molecule has 154 valence electrons. The Hall–Kier alpha value is -4.20. The molecule has 0 radical (unpaired) electrons. The normalized spacial score (nSPS) is 10.6. The number of esters is 1. The molecule has 8 heteroatoms. The first-order valence-corrected chi connectivity index (χ1v) is 9.23. The number of benzene rings is 2. The molecule has 31 heavy (non-hydrogen) atoms. The van der Waals surface area contributed by atoms with Gasteiger partial charge in [-0.3, -0.25) is 9.78 Å². The summed E-state index contributed by atoms with van der Waals surface area (Å²) in [5, 5.41) is 2.81. The molecule has 0 spiro atoms. The summed E-state index contributed by atoms with van der Waals surface area (Å²) in [4.78, 5) is 33.4. The Balaban J connectivity index is 1.55. The van der Waals surface area contributed by atoms with Crippen molar-refractivity contribution in [2.24, 2.45) is 0 Å². The van der Waals surface area contributed by atoms with Crippen molar-refractivity contribution < 1.29 is 23.1 Å². The summed E-state index contributed by atoms with van der Waals surface area (Å²) in [5.74, 6) is -3.19. The van der Waals surface area contributed by atoms with Crippen LogP contribution in [0, 0.1) is 11.6 Å². The maximum atomic E-state index is 13.7. The van der Waals surface area contributed by atoms with Crippen LogP contribution >= 0.6 is 0 Å². The van der Waals surface area contributed by atoms with Crippen LogP contribution in [0.15, 0.2) is 73.1 Å². The van der Waals surface area contributed by atoms with Crippen LogP contribution in [0.4, 0.5) is 14.5 Å². The molecule has 2 aromatic carbocycles. The molecule has 0 bridgehead atoms. The lowest BCUT2D eigenvalue weighted by atomic mass is 10.0. The number of hydrogen-bond acceptors (Lipinski definition) is 5. The van der Waals surface area contributed by atoms with Gasteiger partial charge < -0.3 is 10.1 Å². The fourth-order valence-electron chi connectivity index (χ4n) is 3.00. The first kappa shape index (κ1) is 20.1. The molecule has 4 rings (SSSR count). The molecule has 0 saturated carbocycles. The van der Waals surface area contributed by atoms with Crippen LogP contribution in [-0.4, -0.2) is 28.5 Å². The molecule has 0 aliphatic rings. The number of fused-ring (bicyclic) bond motifs is 1. The first-order chi connectivity index (χ1) is 15.0. The van der Waals surface area contributed by atoms with Gasteiger partial charge in [0.1, 0.15) is 11.6 Å². The highest BCUT2D eigenvalue weighted by Gasteiger charge is 2.17. The lowest BCUT2D eigenvalue weighted by Crippen LogP contribution is -2.21. The summed E-state index contributed by atoms with van der Waals surface area (Å²) in [5.41, 5.74) is 1.92. The Morgan fingerprint density at radius 1 is 0.968 bits per heavy atom. The number of carbonyl (C=O) groups excluding carboxylic acids is 2. The fraction of sp³-hybridized carbons (Fsp3) is 0.0435. The topological polar surface area (TPSA) is 81.2 Å². The molecule has 0 unspecified atom stereocenters.